The number of rotatable bonds is 12. The third-order valence-electron chi connectivity index (χ3n) is 5.25. The lowest BCUT2D eigenvalue weighted by Crippen LogP contribution is -2.34. The number of benzene rings is 3. The van der Waals surface area contributed by atoms with Gasteiger partial charge in [-0.1, -0.05) is 0 Å². The van der Waals surface area contributed by atoms with Gasteiger partial charge in [-0.15, -0.1) is 0 Å². The first kappa shape index (κ1) is 28.5. The number of methoxy groups -OCH3 is 3. The first-order valence-electron chi connectivity index (χ1n) is 11.8. The van der Waals surface area contributed by atoms with E-state index < -0.39 is 17.8 Å². The summed E-state index contributed by atoms with van der Waals surface area (Å²) in [6.45, 7) is 1.84. The number of amides is 2. The molecule has 11 nitrogen and oxygen atoms in total. The van der Waals surface area contributed by atoms with E-state index in [2.05, 4.69) is 15.8 Å². The van der Waals surface area contributed by atoms with Gasteiger partial charge in [-0.2, -0.15) is 5.10 Å². The summed E-state index contributed by atoms with van der Waals surface area (Å²) >= 11 is 0. The maximum atomic E-state index is 12.5. The standard InChI is InChI=1S/C28H29N3O8/c1-5-38-25-14-18(6-12-23(25)39-28(34)19-7-10-21(35-2)11-8-19)16-30-31-26(32)17-29-27(33)20-9-13-22(36-3)24(15-20)37-4/h6-16H,5,17H2,1-4H3,(H,29,33)(H,31,32). The Balaban J connectivity index is 1.56. The van der Waals surface area contributed by atoms with E-state index in [0.717, 1.165) is 0 Å². The summed E-state index contributed by atoms with van der Waals surface area (Å²) in [5.74, 6) is 0.518. The lowest BCUT2D eigenvalue weighted by Gasteiger charge is -2.11. The molecule has 11 heteroatoms. The molecule has 0 atom stereocenters. The van der Waals surface area contributed by atoms with E-state index in [9.17, 15) is 14.4 Å². The van der Waals surface area contributed by atoms with Crippen molar-refractivity contribution in [1.82, 2.24) is 10.7 Å². The molecule has 0 aliphatic rings. The van der Waals surface area contributed by atoms with E-state index >= 15 is 0 Å². The number of hydrogen-bond acceptors (Lipinski definition) is 9. The lowest BCUT2D eigenvalue weighted by molar-refractivity contribution is -0.120. The molecule has 0 fully saturated rings. The number of esters is 1. The van der Waals surface area contributed by atoms with E-state index in [1.165, 1.54) is 33.6 Å². The molecule has 2 N–H and O–H groups in total. The Morgan fingerprint density at radius 1 is 0.795 bits per heavy atom. The van der Waals surface area contributed by atoms with E-state index in [0.29, 0.717) is 46.3 Å². The molecule has 0 radical (unpaired) electrons. The van der Waals surface area contributed by atoms with Gasteiger partial charge in [0.15, 0.2) is 23.0 Å². The molecule has 0 unspecified atom stereocenters. The fourth-order valence-corrected chi connectivity index (χ4v) is 3.30. The summed E-state index contributed by atoms with van der Waals surface area (Å²) in [5.41, 5.74) is 3.58. The van der Waals surface area contributed by atoms with Crippen molar-refractivity contribution in [2.45, 2.75) is 6.92 Å². The summed E-state index contributed by atoms with van der Waals surface area (Å²) < 4.78 is 26.5. The Morgan fingerprint density at radius 3 is 2.15 bits per heavy atom. The molecule has 0 heterocycles. The molecule has 2 amide bonds. The van der Waals surface area contributed by atoms with Crippen molar-refractivity contribution >= 4 is 24.0 Å². The van der Waals surface area contributed by atoms with E-state index in [-0.39, 0.29) is 12.3 Å². The van der Waals surface area contributed by atoms with Gasteiger partial charge in [-0.3, -0.25) is 9.59 Å². The molecule has 0 bridgehead atoms. The van der Waals surface area contributed by atoms with Crippen LogP contribution in [0.3, 0.4) is 0 Å². The SMILES string of the molecule is CCOc1cc(C=NNC(=O)CNC(=O)c2ccc(OC)c(OC)c2)ccc1OC(=O)c1ccc(OC)cc1. The highest BCUT2D eigenvalue weighted by Gasteiger charge is 2.14. The van der Waals surface area contributed by atoms with Crippen LogP contribution in [0.4, 0.5) is 0 Å². The predicted molar refractivity (Wildman–Crippen MR) is 143 cm³/mol. The van der Waals surface area contributed by atoms with Crippen molar-refractivity contribution in [2.75, 3.05) is 34.5 Å². The molecule has 0 aliphatic carbocycles. The number of carbonyl (C=O) groups is 3. The minimum Gasteiger partial charge on any atom is -0.497 e. The molecular formula is C28H29N3O8. The van der Waals surface area contributed by atoms with E-state index in [1.54, 1.807) is 61.5 Å². The van der Waals surface area contributed by atoms with Crippen molar-refractivity contribution in [1.29, 1.82) is 0 Å². The smallest absolute Gasteiger partial charge is 0.343 e. The second-order valence-corrected chi connectivity index (χ2v) is 7.80. The van der Waals surface area contributed by atoms with Gasteiger partial charge in [-0.05, 0) is 73.2 Å². The van der Waals surface area contributed by atoms with Crippen LogP contribution in [0.15, 0.2) is 65.8 Å². The highest BCUT2D eigenvalue weighted by Crippen LogP contribution is 2.29. The van der Waals surface area contributed by atoms with Crippen LogP contribution >= 0.6 is 0 Å². The minimum absolute atomic E-state index is 0.233. The number of nitrogens with one attached hydrogen (secondary N) is 2. The normalized spacial score (nSPS) is 10.5. The Bertz CT molecular complexity index is 1340. The van der Waals surface area contributed by atoms with Crippen LogP contribution < -0.4 is 34.4 Å². The van der Waals surface area contributed by atoms with Crippen molar-refractivity contribution in [2.24, 2.45) is 5.10 Å². The largest absolute Gasteiger partial charge is 0.497 e. The molecule has 0 aromatic heterocycles. The molecule has 204 valence electrons. The average molecular weight is 536 g/mol. The summed E-state index contributed by atoms with van der Waals surface area (Å²) in [6.07, 6.45) is 1.39. The molecule has 3 aromatic rings. The van der Waals surface area contributed by atoms with Crippen molar-refractivity contribution in [3.63, 3.8) is 0 Å². The maximum absolute atomic E-state index is 12.5. The number of hydrazone groups is 1. The predicted octanol–water partition coefficient (Wildman–Crippen LogP) is 3.21. The van der Waals surface area contributed by atoms with E-state index in [4.69, 9.17) is 23.7 Å². The molecular weight excluding hydrogens is 506 g/mol. The molecule has 0 saturated heterocycles. The van der Waals surface area contributed by atoms with Crippen LogP contribution in [0.2, 0.25) is 0 Å². The Morgan fingerprint density at radius 2 is 1.49 bits per heavy atom. The first-order chi connectivity index (χ1) is 18.9. The van der Waals surface area contributed by atoms with Crippen molar-refractivity contribution in [3.8, 4) is 28.7 Å². The van der Waals surface area contributed by atoms with Crippen LogP contribution in [0.25, 0.3) is 0 Å². The van der Waals surface area contributed by atoms with Gasteiger partial charge in [0, 0.05) is 5.56 Å². The number of ether oxygens (including phenoxy) is 5. The zero-order valence-corrected chi connectivity index (χ0v) is 22.0. The summed E-state index contributed by atoms with van der Waals surface area (Å²) in [6, 6.07) is 16.0. The van der Waals surface area contributed by atoms with Gasteiger partial charge in [-0.25, -0.2) is 10.2 Å². The summed E-state index contributed by atoms with van der Waals surface area (Å²) in [7, 11) is 4.50. The topological polar surface area (TPSA) is 134 Å². The van der Waals surface area contributed by atoms with Gasteiger partial charge in [0.25, 0.3) is 11.8 Å². The second kappa shape index (κ2) is 14.0. The quantitative estimate of drug-likeness (QED) is 0.156. The zero-order chi connectivity index (χ0) is 28.2. The van der Waals surface area contributed by atoms with Crippen molar-refractivity contribution in [3.05, 3.63) is 77.4 Å². The molecule has 39 heavy (non-hydrogen) atoms. The molecule has 0 aliphatic heterocycles. The maximum Gasteiger partial charge on any atom is 0.343 e. The van der Waals surface area contributed by atoms with Crippen LogP contribution in [0.5, 0.6) is 28.7 Å². The molecule has 3 rings (SSSR count). The lowest BCUT2D eigenvalue weighted by atomic mass is 10.2. The molecule has 0 saturated carbocycles. The van der Waals surface area contributed by atoms with Crippen LogP contribution in [-0.2, 0) is 4.79 Å². The summed E-state index contributed by atoms with van der Waals surface area (Å²) in [4.78, 5) is 37.0. The van der Waals surface area contributed by atoms with Gasteiger partial charge in [0.05, 0.1) is 46.3 Å². The van der Waals surface area contributed by atoms with Gasteiger partial charge in [0.2, 0.25) is 0 Å². The Labute approximate surface area is 225 Å². The average Bonchev–Trinajstić information content (AvgIpc) is 2.96. The zero-order valence-electron chi connectivity index (χ0n) is 22.0. The van der Waals surface area contributed by atoms with E-state index in [1.807, 2.05) is 0 Å². The highest BCUT2D eigenvalue weighted by molar-refractivity contribution is 5.97. The minimum atomic E-state index is -0.553. The summed E-state index contributed by atoms with van der Waals surface area (Å²) in [5, 5.41) is 6.42. The van der Waals surface area contributed by atoms with Crippen LogP contribution in [0, 0.1) is 0 Å². The van der Waals surface area contributed by atoms with Crippen molar-refractivity contribution < 1.29 is 38.1 Å². The molecule has 3 aromatic carbocycles. The third kappa shape index (κ3) is 7.96. The van der Waals surface area contributed by atoms with Gasteiger partial charge < -0.3 is 29.0 Å². The second-order valence-electron chi connectivity index (χ2n) is 7.80. The fraction of sp³-hybridized carbons (Fsp3) is 0.214. The van der Waals surface area contributed by atoms with Crippen LogP contribution in [0.1, 0.15) is 33.2 Å². The molecule has 0 spiro atoms. The highest BCUT2D eigenvalue weighted by atomic mass is 16.6. The van der Waals surface area contributed by atoms with Gasteiger partial charge in [0.1, 0.15) is 5.75 Å². The van der Waals surface area contributed by atoms with Crippen LogP contribution in [-0.4, -0.2) is 58.5 Å². The first-order valence-corrected chi connectivity index (χ1v) is 11.8. The third-order valence-corrected chi connectivity index (χ3v) is 5.25. The fourth-order valence-electron chi connectivity index (χ4n) is 3.30. The number of nitrogens with zero attached hydrogens (tertiary/aromatic N) is 1. The Hall–Kier alpha value is -5.06. The monoisotopic (exact) mass is 535 g/mol. The number of carbonyl (C=O) groups excluding carboxylic acids is 3. The number of hydrogen-bond donors (Lipinski definition) is 2. The Kier molecular flexibility index (Phi) is 10.3. The van der Waals surface area contributed by atoms with Gasteiger partial charge >= 0.3 is 5.97 Å².